The first-order valence-electron chi connectivity index (χ1n) is 7.11. The second-order valence-corrected chi connectivity index (χ2v) is 5.69. The highest BCUT2D eigenvalue weighted by atomic mass is 35.5. The number of imidazole rings is 1. The van der Waals surface area contributed by atoms with Crippen molar-refractivity contribution in [2.75, 3.05) is 5.88 Å². The summed E-state index contributed by atoms with van der Waals surface area (Å²) in [5.41, 5.74) is 5.47. The Morgan fingerprint density at radius 3 is 2.71 bits per heavy atom. The van der Waals surface area contributed by atoms with Crippen LogP contribution in [0.2, 0.25) is 0 Å². The van der Waals surface area contributed by atoms with E-state index in [0.717, 1.165) is 41.2 Å². The van der Waals surface area contributed by atoms with Crippen LogP contribution in [0.5, 0.6) is 0 Å². The fourth-order valence-electron chi connectivity index (χ4n) is 2.59. The fourth-order valence-corrected chi connectivity index (χ4v) is 2.76. The molecule has 2 heterocycles. The Hall–Kier alpha value is -1.87. The quantitative estimate of drug-likeness (QED) is 0.685. The first-order valence-corrected chi connectivity index (χ1v) is 7.65. The van der Waals surface area contributed by atoms with Crippen LogP contribution in [0.1, 0.15) is 22.8 Å². The average molecular weight is 300 g/mol. The molecule has 3 aromatic rings. The SMILES string of the molecule is Cc1ccc2c(c1)nc(CCCl)n2Cc1cccc(C)n1. The second kappa shape index (κ2) is 5.86. The summed E-state index contributed by atoms with van der Waals surface area (Å²) in [6.45, 7) is 4.83. The zero-order chi connectivity index (χ0) is 14.8. The molecule has 0 aliphatic heterocycles. The molecule has 0 N–H and O–H groups in total. The van der Waals surface area contributed by atoms with Gasteiger partial charge in [-0.3, -0.25) is 4.98 Å². The molecule has 0 aliphatic rings. The van der Waals surface area contributed by atoms with Crippen LogP contribution in [0.25, 0.3) is 11.0 Å². The van der Waals surface area contributed by atoms with E-state index in [1.807, 2.05) is 19.1 Å². The van der Waals surface area contributed by atoms with E-state index >= 15 is 0 Å². The van der Waals surface area contributed by atoms with Crippen molar-refractivity contribution >= 4 is 22.6 Å². The summed E-state index contributed by atoms with van der Waals surface area (Å²) < 4.78 is 2.22. The van der Waals surface area contributed by atoms with Gasteiger partial charge in [0.25, 0.3) is 0 Å². The van der Waals surface area contributed by atoms with E-state index < -0.39 is 0 Å². The third-order valence-electron chi connectivity index (χ3n) is 3.57. The van der Waals surface area contributed by atoms with E-state index in [1.54, 1.807) is 0 Å². The number of alkyl halides is 1. The maximum absolute atomic E-state index is 5.93. The first kappa shape index (κ1) is 14.1. The molecule has 0 aliphatic carbocycles. The van der Waals surface area contributed by atoms with E-state index in [-0.39, 0.29) is 0 Å². The lowest BCUT2D eigenvalue weighted by molar-refractivity contribution is 0.735. The molecule has 3 nitrogen and oxygen atoms in total. The lowest BCUT2D eigenvalue weighted by Crippen LogP contribution is -2.07. The van der Waals surface area contributed by atoms with Gasteiger partial charge in [-0.2, -0.15) is 0 Å². The summed E-state index contributed by atoms with van der Waals surface area (Å²) in [7, 11) is 0. The second-order valence-electron chi connectivity index (χ2n) is 5.32. The van der Waals surface area contributed by atoms with Crippen LogP contribution >= 0.6 is 11.6 Å². The molecule has 108 valence electrons. The van der Waals surface area contributed by atoms with Crippen molar-refractivity contribution in [3.63, 3.8) is 0 Å². The van der Waals surface area contributed by atoms with Gasteiger partial charge >= 0.3 is 0 Å². The van der Waals surface area contributed by atoms with Crippen molar-refractivity contribution in [1.82, 2.24) is 14.5 Å². The number of pyridine rings is 1. The Morgan fingerprint density at radius 2 is 1.95 bits per heavy atom. The average Bonchev–Trinajstić information content (AvgIpc) is 2.76. The maximum atomic E-state index is 5.93. The zero-order valence-electron chi connectivity index (χ0n) is 12.3. The van der Waals surface area contributed by atoms with E-state index in [0.29, 0.717) is 5.88 Å². The monoisotopic (exact) mass is 299 g/mol. The van der Waals surface area contributed by atoms with Gasteiger partial charge in [0.15, 0.2) is 0 Å². The molecule has 0 saturated carbocycles. The largest absolute Gasteiger partial charge is 0.322 e. The van der Waals surface area contributed by atoms with Gasteiger partial charge in [0.1, 0.15) is 5.82 Å². The molecular weight excluding hydrogens is 282 g/mol. The highest BCUT2D eigenvalue weighted by molar-refractivity contribution is 6.17. The smallest absolute Gasteiger partial charge is 0.111 e. The third kappa shape index (κ3) is 2.93. The molecule has 0 radical (unpaired) electrons. The van der Waals surface area contributed by atoms with Gasteiger partial charge in [0.05, 0.1) is 23.3 Å². The Labute approximate surface area is 129 Å². The van der Waals surface area contributed by atoms with Gasteiger partial charge in [0, 0.05) is 18.0 Å². The number of benzene rings is 1. The molecule has 0 saturated heterocycles. The standard InChI is InChI=1S/C17H18ClN3/c1-12-6-7-16-15(10-12)20-17(8-9-18)21(16)11-14-5-3-4-13(2)19-14/h3-7,10H,8-9,11H2,1-2H3. The fraction of sp³-hybridized carbons (Fsp3) is 0.294. The van der Waals surface area contributed by atoms with Crippen LogP contribution in [0.4, 0.5) is 0 Å². The lowest BCUT2D eigenvalue weighted by Gasteiger charge is -2.08. The summed E-state index contributed by atoms with van der Waals surface area (Å²) in [6, 6.07) is 12.5. The topological polar surface area (TPSA) is 30.7 Å². The molecule has 0 fully saturated rings. The Kier molecular flexibility index (Phi) is 3.93. The molecule has 0 atom stereocenters. The lowest BCUT2D eigenvalue weighted by atomic mass is 10.2. The predicted octanol–water partition coefficient (Wildman–Crippen LogP) is 3.88. The zero-order valence-corrected chi connectivity index (χ0v) is 13.1. The van der Waals surface area contributed by atoms with Crippen LogP contribution in [0.15, 0.2) is 36.4 Å². The predicted molar refractivity (Wildman–Crippen MR) is 87.0 cm³/mol. The molecule has 1 aromatic carbocycles. The summed E-state index contributed by atoms with van der Waals surface area (Å²) in [4.78, 5) is 9.32. The van der Waals surface area contributed by atoms with E-state index in [9.17, 15) is 0 Å². The minimum Gasteiger partial charge on any atom is -0.322 e. The Balaban J connectivity index is 2.08. The van der Waals surface area contributed by atoms with Gasteiger partial charge < -0.3 is 4.57 Å². The van der Waals surface area contributed by atoms with E-state index in [4.69, 9.17) is 16.6 Å². The normalized spacial score (nSPS) is 11.2. The maximum Gasteiger partial charge on any atom is 0.111 e. The Morgan fingerprint density at radius 1 is 1.10 bits per heavy atom. The number of aryl methyl sites for hydroxylation is 3. The van der Waals surface area contributed by atoms with Crippen LogP contribution in [-0.4, -0.2) is 20.4 Å². The molecule has 0 amide bonds. The van der Waals surface area contributed by atoms with Gasteiger partial charge in [-0.05, 0) is 43.7 Å². The van der Waals surface area contributed by atoms with Crippen molar-refractivity contribution in [3.05, 3.63) is 59.2 Å². The van der Waals surface area contributed by atoms with Gasteiger partial charge in [0.2, 0.25) is 0 Å². The highest BCUT2D eigenvalue weighted by Gasteiger charge is 2.11. The summed E-state index contributed by atoms with van der Waals surface area (Å²) >= 11 is 5.93. The molecular formula is C17H18ClN3. The summed E-state index contributed by atoms with van der Waals surface area (Å²) in [5, 5.41) is 0. The highest BCUT2D eigenvalue weighted by Crippen LogP contribution is 2.20. The van der Waals surface area contributed by atoms with Crippen molar-refractivity contribution < 1.29 is 0 Å². The van der Waals surface area contributed by atoms with E-state index in [2.05, 4.69) is 40.7 Å². The molecule has 0 unspecified atom stereocenters. The molecule has 0 spiro atoms. The van der Waals surface area contributed by atoms with Gasteiger partial charge in [-0.25, -0.2) is 4.98 Å². The minimum atomic E-state index is 0.573. The summed E-state index contributed by atoms with van der Waals surface area (Å²) in [5.74, 6) is 1.60. The van der Waals surface area contributed by atoms with Crippen LogP contribution in [0.3, 0.4) is 0 Å². The number of aromatic nitrogens is 3. The number of hydrogen-bond acceptors (Lipinski definition) is 2. The van der Waals surface area contributed by atoms with Crippen molar-refractivity contribution in [2.45, 2.75) is 26.8 Å². The minimum absolute atomic E-state index is 0.573. The van der Waals surface area contributed by atoms with Crippen molar-refractivity contribution in [1.29, 1.82) is 0 Å². The van der Waals surface area contributed by atoms with Crippen LogP contribution in [0, 0.1) is 13.8 Å². The Bertz CT molecular complexity index is 777. The number of rotatable bonds is 4. The van der Waals surface area contributed by atoms with Gasteiger partial charge in [-0.1, -0.05) is 12.1 Å². The van der Waals surface area contributed by atoms with Crippen molar-refractivity contribution in [2.24, 2.45) is 0 Å². The van der Waals surface area contributed by atoms with E-state index in [1.165, 1.54) is 5.56 Å². The molecule has 3 rings (SSSR count). The number of halogens is 1. The molecule has 0 bridgehead atoms. The molecule has 21 heavy (non-hydrogen) atoms. The number of hydrogen-bond donors (Lipinski definition) is 0. The van der Waals surface area contributed by atoms with Crippen LogP contribution in [-0.2, 0) is 13.0 Å². The molecule has 2 aromatic heterocycles. The number of nitrogens with zero attached hydrogens (tertiary/aromatic N) is 3. The van der Waals surface area contributed by atoms with Crippen LogP contribution < -0.4 is 0 Å². The molecule has 4 heteroatoms. The third-order valence-corrected chi connectivity index (χ3v) is 3.76. The van der Waals surface area contributed by atoms with Gasteiger partial charge in [-0.15, -0.1) is 11.6 Å². The summed E-state index contributed by atoms with van der Waals surface area (Å²) in [6.07, 6.45) is 0.765. The van der Waals surface area contributed by atoms with Crippen molar-refractivity contribution in [3.8, 4) is 0 Å². The first-order chi connectivity index (χ1) is 10.2. The number of fused-ring (bicyclic) bond motifs is 1.